The highest BCUT2D eigenvalue weighted by Crippen LogP contribution is 2.09. The van der Waals surface area contributed by atoms with Crippen LogP contribution >= 0.6 is 0 Å². The van der Waals surface area contributed by atoms with Crippen LogP contribution < -0.4 is 10.6 Å². The van der Waals surface area contributed by atoms with E-state index in [0.29, 0.717) is 19.4 Å². The molecule has 8 nitrogen and oxygen atoms in total. The minimum absolute atomic E-state index is 0.0368. The number of nitrogens with one attached hydrogen (secondary N) is 2. The molecule has 1 rings (SSSR count). The van der Waals surface area contributed by atoms with Gasteiger partial charge in [-0.1, -0.05) is 0 Å². The van der Waals surface area contributed by atoms with Gasteiger partial charge in [0, 0.05) is 26.1 Å². The number of aliphatic hydroxyl groups is 1. The Hall–Kier alpha value is -1.83. The summed E-state index contributed by atoms with van der Waals surface area (Å²) in [5.41, 5.74) is 0. The summed E-state index contributed by atoms with van der Waals surface area (Å²) in [4.78, 5) is 34.5. The van der Waals surface area contributed by atoms with E-state index in [2.05, 4.69) is 10.6 Å². The molecule has 0 bridgehead atoms. The Morgan fingerprint density at radius 3 is 2.78 bits per heavy atom. The molecule has 3 amide bonds. The molecule has 1 heterocycles. The lowest BCUT2D eigenvalue weighted by molar-refractivity contribution is -0.146. The number of aliphatic hydroxyl groups excluding tert-OH is 1. The third-order valence-corrected chi connectivity index (χ3v) is 2.70. The van der Waals surface area contributed by atoms with Crippen molar-refractivity contribution in [1.29, 1.82) is 0 Å². The average molecular weight is 259 g/mol. The molecule has 0 aliphatic carbocycles. The minimum Gasteiger partial charge on any atom is -0.479 e. The lowest BCUT2D eigenvalue weighted by atomic mass is 10.1. The van der Waals surface area contributed by atoms with Gasteiger partial charge in [-0.3, -0.25) is 4.79 Å². The van der Waals surface area contributed by atoms with Crippen LogP contribution in [0.5, 0.6) is 0 Å². The molecule has 4 N–H and O–H groups in total. The van der Waals surface area contributed by atoms with Crippen LogP contribution in [0.1, 0.15) is 12.8 Å². The Bertz CT molecular complexity index is 346. The predicted octanol–water partition coefficient (Wildman–Crippen LogP) is -1.65. The molecule has 2 unspecified atom stereocenters. The number of hydrogen-bond acceptors (Lipinski definition) is 4. The number of amides is 3. The van der Waals surface area contributed by atoms with Crippen molar-refractivity contribution in [2.75, 3.05) is 20.1 Å². The summed E-state index contributed by atoms with van der Waals surface area (Å²) in [5, 5.41) is 22.2. The monoisotopic (exact) mass is 259 g/mol. The number of carboxylic acid groups (broad SMARTS) is 1. The van der Waals surface area contributed by atoms with Gasteiger partial charge in [0.25, 0.3) is 0 Å². The number of nitrogens with zero attached hydrogens (tertiary/aromatic N) is 1. The molecule has 0 aromatic carbocycles. The van der Waals surface area contributed by atoms with Crippen LogP contribution in [0.25, 0.3) is 0 Å². The van der Waals surface area contributed by atoms with Crippen molar-refractivity contribution in [1.82, 2.24) is 15.5 Å². The first kappa shape index (κ1) is 14.2. The summed E-state index contributed by atoms with van der Waals surface area (Å²) in [7, 11) is 1.66. The van der Waals surface area contributed by atoms with Gasteiger partial charge in [0.1, 0.15) is 0 Å². The topological polar surface area (TPSA) is 119 Å². The zero-order valence-electron chi connectivity index (χ0n) is 10.0. The number of likely N-dealkylation sites (tertiary alicyclic amines) is 1. The second-order valence-corrected chi connectivity index (χ2v) is 4.22. The van der Waals surface area contributed by atoms with Crippen molar-refractivity contribution >= 4 is 17.9 Å². The van der Waals surface area contributed by atoms with Crippen LogP contribution in [0.4, 0.5) is 4.79 Å². The Balaban J connectivity index is 2.28. The molecule has 1 aliphatic rings. The lowest BCUT2D eigenvalue weighted by Gasteiger charge is -2.30. The van der Waals surface area contributed by atoms with Crippen molar-refractivity contribution in [3.05, 3.63) is 0 Å². The maximum atomic E-state index is 11.4. The number of piperidine rings is 1. The van der Waals surface area contributed by atoms with E-state index < -0.39 is 18.1 Å². The first-order chi connectivity index (χ1) is 8.40. The Kier molecular flexibility index (Phi) is 4.90. The second kappa shape index (κ2) is 6.20. The maximum absolute atomic E-state index is 11.4. The van der Waals surface area contributed by atoms with Crippen molar-refractivity contribution in [2.24, 2.45) is 0 Å². The molecular weight excluding hydrogens is 242 g/mol. The van der Waals surface area contributed by atoms with E-state index in [9.17, 15) is 14.4 Å². The average Bonchev–Trinajstić information content (AvgIpc) is 2.30. The number of urea groups is 1. The number of hydrogen-bond donors (Lipinski definition) is 4. The van der Waals surface area contributed by atoms with Crippen LogP contribution in [-0.4, -0.2) is 65.3 Å². The Labute approximate surface area is 104 Å². The number of carboxylic acids is 1. The summed E-state index contributed by atoms with van der Waals surface area (Å²) >= 11 is 0. The second-order valence-electron chi connectivity index (χ2n) is 4.22. The molecule has 18 heavy (non-hydrogen) atoms. The number of carbonyl (C=O) groups is 3. The van der Waals surface area contributed by atoms with Crippen molar-refractivity contribution in [2.45, 2.75) is 25.0 Å². The fourth-order valence-corrected chi connectivity index (χ4v) is 1.64. The molecule has 8 heteroatoms. The van der Waals surface area contributed by atoms with Gasteiger partial charge in [-0.2, -0.15) is 0 Å². The zero-order valence-corrected chi connectivity index (χ0v) is 10.0. The van der Waals surface area contributed by atoms with Crippen molar-refractivity contribution in [3.8, 4) is 0 Å². The number of rotatable bonds is 4. The molecule has 1 fully saturated rings. The first-order valence-electron chi connectivity index (χ1n) is 5.59. The van der Waals surface area contributed by atoms with Crippen LogP contribution in [0.3, 0.4) is 0 Å². The van der Waals surface area contributed by atoms with Gasteiger partial charge in [0.05, 0.1) is 6.54 Å². The molecule has 0 aromatic rings. The molecule has 102 valence electrons. The molecule has 0 aromatic heterocycles. The molecular formula is C10H17N3O5. The highest BCUT2D eigenvalue weighted by molar-refractivity contribution is 5.79. The third-order valence-electron chi connectivity index (χ3n) is 2.70. The number of aliphatic carboxylic acids is 1. The van der Waals surface area contributed by atoms with Crippen molar-refractivity contribution in [3.63, 3.8) is 0 Å². The van der Waals surface area contributed by atoms with Gasteiger partial charge in [-0.05, 0) is 6.42 Å². The molecule has 1 aliphatic heterocycles. The molecule has 0 radical (unpaired) electrons. The van der Waals surface area contributed by atoms with E-state index in [1.165, 1.54) is 4.90 Å². The fourth-order valence-electron chi connectivity index (χ4n) is 1.64. The Morgan fingerprint density at radius 1 is 1.56 bits per heavy atom. The van der Waals surface area contributed by atoms with E-state index >= 15 is 0 Å². The smallest absolute Gasteiger partial charge is 0.334 e. The van der Waals surface area contributed by atoms with Gasteiger partial charge in [0.15, 0.2) is 6.10 Å². The summed E-state index contributed by atoms with van der Waals surface area (Å²) < 4.78 is 0. The minimum atomic E-state index is -1.62. The van der Waals surface area contributed by atoms with Crippen LogP contribution in [-0.2, 0) is 9.59 Å². The van der Waals surface area contributed by atoms with E-state index in [-0.39, 0.29) is 18.5 Å². The van der Waals surface area contributed by atoms with Crippen LogP contribution in [0.2, 0.25) is 0 Å². The van der Waals surface area contributed by atoms with Gasteiger partial charge in [-0.15, -0.1) is 0 Å². The fraction of sp³-hybridized carbons (Fsp3) is 0.700. The van der Waals surface area contributed by atoms with Gasteiger partial charge >= 0.3 is 12.0 Å². The Morgan fingerprint density at radius 2 is 2.22 bits per heavy atom. The van der Waals surface area contributed by atoms with Crippen molar-refractivity contribution < 1.29 is 24.6 Å². The molecule has 2 atom stereocenters. The molecule has 0 saturated carbocycles. The summed E-state index contributed by atoms with van der Waals surface area (Å²) in [6.45, 7) is 0.0659. The van der Waals surface area contributed by atoms with Crippen LogP contribution in [0, 0.1) is 0 Å². The number of likely N-dealkylation sites (N-methyl/N-ethyl adjacent to an activating group) is 1. The zero-order chi connectivity index (χ0) is 13.7. The van der Waals surface area contributed by atoms with Gasteiger partial charge in [-0.25, -0.2) is 9.59 Å². The van der Waals surface area contributed by atoms with E-state index in [4.69, 9.17) is 10.2 Å². The standard InChI is InChI=1S/C10H17N3O5/c1-13-5-6(2-3-8(13)15)12-10(18)11-4-7(14)9(16)17/h6-7,14H,2-5H2,1H3,(H,16,17)(H2,11,12,18). The van der Waals surface area contributed by atoms with Gasteiger partial charge < -0.3 is 25.7 Å². The summed E-state index contributed by atoms with van der Waals surface area (Å²) in [6, 6.07) is -0.710. The normalized spacial score (nSPS) is 21.3. The van der Waals surface area contributed by atoms with E-state index in [0.717, 1.165) is 0 Å². The molecule has 0 spiro atoms. The highest BCUT2D eigenvalue weighted by Gasteiger charge is 2.24. The number of carbonyl (C=O) groups excluding carboxylic acids is 2. The maximum Gasteiger partial charge on any atom is 0.334 e. The van der Waals surface area contributed by atoms with Crippen LogP contribution in [0.15, 0.2) is 0 Å². The molecule has 1 saturated heterocycles. The largest absolute Gasteiger partial charge is 0.479 e. The van der Waals surface area contributed by atoms with Gasteiger partial charge in [0.2, 0.25) is 5.91 Å². The first-order valence-corrected chi connectivity index (χ1v) is 5.59. The van der Waals surface area contributed by atoms with E-state index in [1.807, 2.05) is 0 Å². The highest BCUT2D eigenvalue weighted by atomic mass is 16.4. The quantitative estimate of drug-likeness (QED) is 0.482. The third kappa shape index (κ3) is 4.21. The summed E-state index contributed by atoms with van der Waals surface area (Å²) in [5.74, 6) is -1.35. The van der Waals surface area contributed by atoms with E-state index in [1.54, 1.807) is 7.05 Å². The SMILES string of the molecule is CN1CC(NC(=O)NCC(O)C(=O)O)CCC1=O. The summed E-state index contributed by atoms with van der Waals surface area (Å²) in [6.07, 6.45) is -0.691. The lowest BCUT2D eigenvalue weighted by Crippen LogP contribution is -2.52. The predicted molar refractivity (Wildman–Crippen MR) is 60.8 cm³/mol.